The van der Waals surface area contributed by atoms with Crippen LogP contribution in [0.2, 0.25) is 15.1 Å². The number of aryl methyl sites for hydroxylation is 1. The number of pyridine rings is 2. The van der Waals surface area contributed by atoms with Crippen molar-refractivity contribution >= 4 is 57.9 Å². The zero-order chi connectivity index (χ0) is 32.9. The molecule has 1 saturated heterocycles. The third-order valence-electron chi connectivity index (χ3n) is 8.11. The van der Waals surface area contributed by atoms with Crippen molar-refractivity contribution in [3.63, 3.8) is 0 Å². The molecule has 1 unspecified atom stereocenters. The summed E-state index contributed by atoms with van der Waals surface area (Å²) in [5, 5.41) is 32.6. The van der Waals surface area contributed by atoms with Crippen LogP contribution < -0.4 is 4.90 Å². The minimum absolute atomic E-state index is 0.0220. The lowest BCUT2D eigenvalue weighted by atomic mass is 9.94. The van der Waals surface area contributed by atoms with E-state index in [1.54, 1.807) is 23.2 Å². The van der Waals surface area contributed by atoms with Crippen molar-refractivity contribution in [3.8, 4) is 23.1 Å². The summed E-state index contributed by atoms with van der Waals surface area (Å²) in [6.45, 7) is 12.3. The van der Waals surface area contributed by atoms with Crippen LogP contribution >= 0.6 is 34.8 Å². The first-order chi connectivity index (χ1) is 21.3. The summed E-state index contributed by atoms with van der Waals surface area (Å²) in [6, 6.07) is 5.59. The summed E-state index contributed by atoms with van der Waals surface area (Å²) in [7, 11) is 0. The van der Waals surface area contributed by atoms with Crippen molar-refractivity contribution in [1.29, 1.82) is 5.26 Å². The predicted octanol–water partition coefficient (Wildman–Crippen LogP) is 6.72. The normalized spacial score (nSPS) is 16.6. The summed E-state index contributed by atoms with van der Waals surface area (Å²) >= 11 is 19.2. The largest absolute Gasteiger partial charge is 0.506 e. The Labute approximate surface area is 275 Å². The number of phenols is 1. The van der Waals surface area contributed by atoms with E-state index in [1.807, 2.05) is 25.7 Å². The highest BCUT2D eigenvalue weighted by atomic mass is 35.5. The zero-order valence-electron chi connectivity index (χ0n) is 25.0. The van der Waals surface area contributed by atoms with Gasteiger partial charge in [-0.1, -0.05) is 55.2 Å². The molecule has 0 radical (unpaired) electrons. The first-order valence-corrected chi connectivity index (χ1v) is 15.3. The number of anilines is 2. The maximum Gasteiger partial charge on any atom is 0.246 e. The number of hydrogen-bond acceptors (Lipinski definition) is 8. The van der Waals surface area contributed by atoms with E-state index in [0.717, 1.165) is 5.56 Å². The highest BCUT2D eigenvalue weighted by Gasteiger charge is 2.40. The van der Waals surface area contributed by atoms with Gasteiger partial charge in [-0.25, -0.2) is 9.37 Å². The number of nitriles is 1. The molecule has 2 aliphatic heterocycles. The smallest absolute Gasteiger partial charge is 0.246 e. The first kappa shape index (κ1) is 32.5. The highest BCUT2D eigenvalue weighted by molar-refractivity contribution is 6.38. The number of phenolic OH excluding ortho intramolecular Hbond substituents is 1. The van der Waals surface area contributed by atoms with E-state index in [-0.39, 0.29) is 50.1 Å². The number of aliphatic hydroxyl groups excluding tert-OH is 1. The molecule has 2 aliphatic rings. The number of amides is 1. The minimum Gasteiger partial charge on any atom is -0.506 e. The van der Waals surface area contributed by atoms with Gasteiger partial charge < -0.3 is 20.0 Å². The van der Waals surface area contributed by atoms with E-state index >= 15 is 0 Å². The number of piperazine rings is 1. The SMILES string of the molecule is C=CC(=O)N1CCN(C2=C(C#N)C(O)N(c3c(C)ccnc3C(C)C)c3nc(-c4c(C)c(Cl)c(F)c(Cl)c4O)c(Cl)cc32)CC1. The summed E-state index contributed by atoms with van der Waals surface area (Å²) in [5.74, 6) is -1.63. The topological polar surface area (TPSA) is 117 Å². The van der Waals surface area contributed by atoms with Crippen LogP contribution in [0.15, 0.2) is 36.6 Å². The summed E-state index contributed by atoms with van der Waals surface area (Å²) in [6.07, 6.45) is 1.43. The molecule has 5 rings (SSSR count). The van der Waals surface area contributed by atoms with Gasteiger partial charge >= 0.3 is 0 Å². The Morgan fingerprint density at radius 1 is 1.20 bits per heavy atom. The molecule has 1 aromatic carbocycles. The standard InChI is InChI=1S/C32H30Cl3FN6O3/c1-6-21(43)40-9-11-41(12-10-40)29-18-13-20(33)27(22-17(5)23(34)25(36)24(35)30(22)44)39-31(18)42(32(45)19(29)14-37)28-16(4)7-8-38-26(28)15(2)3/h6-8,13,15,32,44-45H,1,9-12H2,2-5H3. The quantitative estimate of drug-likeness (QED) is 0.227. The highest BCUT2D eigenvalue weighted by Crippen LogP contribution is 2.50. The Hall–Kier alpha value is -3.88. The van der Waals surface area contributed by atoms with Crippen LogP contribution in [0.5, 0.6) is 5.75 Å². The molecular formula is C32H30Cl3FN6O3. The van der Waals surface area contributed by atoms with Gasteiger partial charge in [-0.05, 0) is 49.1 Å². The Bertz CT molecular complexity index is 1790. The monoisotopic (exact) mass is 670 g/mol. The van der Waals surface area contributed by atoms with Crippen LogP contribution in [0.1, 0.15) is 42.1 Å². The van der Waals surface area contributed by atoms with Gasteiger partial charge in [0.15, 0.2) is 12.0 Å². The maximum absolute atomic E-state index is 14.7. The molecule has 2 N–H and O–H groups in total. The lowest BCUT2D eigenvalue weighted by molar-refractivity contribution is -0.127. The number of halogens is 4. The van der Waals surface area contributed by atoms with E-state index in [9.17, 15) is 24.7 Å². The van der Waals surface area contributed by atoms with Crippen molar-refractivity contribution < 1.29 is 19.4 Å². The van der Waals surface area contributed by atoms with Crippen LogP contribution in [0, 0.1) is 31.0 Å². The van der Waals surface area contributed by atoms with Crippen LogP contribution in [0.3, 0.4) is 0 Å². The van der Waals surface area contributed by atoms with Gasteiger partial charge in [-0.15, -0.1) is 0 Å². The molecular weight excluding hydrogens is 642 g/mol. The number of benzene rings is 1. The number of carbonyl (C=O) groups is 1. The van der Waals surface area contributed by atoms with Crippen molar-refractivity contribution in [2.45, 2.75) is 39.8 Å². The summed E-state index contributed by atoms with van der Waals surface area (Å²) < 4.78 is 14.7. The molecule has 0 bridgehead atoms. The summed E-state index contributed by atoms with van der Waals surface area (Å²) in [5.41, 5.74) is 3.09. The van der Waals surface area contributed by atoms with E-state index in [4.69, 9.17) is 39.8 Å². The second-order valence-electron chi connectivity index (χ2n) is 11.1. The molecule has 0 aliphatic carbocycles. The second-order valence-corrected chi connectivity index (χ2v) is 12.3. The average molecular weight is 672 g/mol. The molecule has 234 valence electrons. The molecule has 1 amide bonds. The van der Waals surface area contributed by atoms with Gasteiger partial charge in [0.1, 0.15) is 28.2 Å². The van der Waals surface area contributed by atoms with Gasteiger partial charge in [-0.2, -0.15) is 5.26 Å². The van der Waals surface area contributed by atoms with E-state index in [0.29, 0.717) is 48.8 Å². The lowest BCUT2D eigenvalue weighted by Gasteiger charge is -2.43. The van der Waals surface area contributed by atoms with Gasteiger partial charge in [0.2, 0.25) is 5.91 Å². The summed E-state index contributed by atoms with van der Waals surface area (Å²) in [4.78, 5) is 26.9. The van der Waals surface area contributed by atoms with Crippen molar-refractivity contribution in [2.75, 3.05) is 31.1 Å². The van der Waals surface area contributed by atoms with Crippen LogP contribution in [-0.4, -0.2) is 68.3 Å². The number of hydrogen-bond donors (Lipinski definition) is 2. The first-order valence-electron chi connectivity index (χ1n) is 14.1. The van der Waals surface area contributed by atoms with Gasteiger partial charge in [0.05, 0.1) is 32.8 Å². The fourth-order valence-electron chi connectivity index (χ4n) is 5.84. The second kappa shape index (κ2) is 12.5. The molecule has 45 heavy (non-hydrogen) atoms. The van der Waals surface area contributed by atoms with Crippen LogP contribution in [0.4, 0.5) is 15.9 Å². The van der Waals surface area contributed by atoms with Gasteiger partial charge in [0, 0.05) is 43.5 Å². The number of fused-ring (bicyclic) bond motifs is 1. The Morgan fingerprint density at radius 2 is 1.87 bits per heavy atom. The van der Waals surface area contributed by atoms with E-state index < -0.39 is 22.8 Å². The van der Waals surface area contributed by atoms with Crippen molar-refractivity contribution in [3.05, 3.63) is 79.8 Å². The average Bonchev–Trinajstić information content (AvgIpc) is 3.02. The molecule has 0 saturated carbocycles. The number of carbonyl (C=O) groups excluding carboxylic acids is 1. The fraction of sp³-hybridized carbons (Fsp3) is 0.312. The number of rotatable bonds is 5. The zero-order valence-corrected chi connectivity index (χ0v) is 27.3. The van der Waals surface area contributed by atoms with Crippen molar-refractivity contribution in [2.24, 2.45) is 0 Å². The van der Waals surface area contributed by atoms with E-state index in [1.165, 1.54) is 17.9 Å². The van der Waals surface area contributed by atoms with Crippen LogP contribution in [0.25, 0.3) is 17.0 Å². The molecule has 1 fully saturated rings. The molecule has 1 atom stereocenters. The molecule has 3 aromatic rings. The number of aliphatic hydroxyl groups is 1. The van der Waals surface area contributed by atoms with Gasteiger partial charge in [0.25, 0.3) is 0 Å². The van der Waals surface area contributed by atoms with E-state index in [2.05, 4.69) is 17.6 Å². The van der Waals surface area contributed by atoms with Gasteiger partial charge in [-0.3, -0.25) is 14.7 Å². The Kier molecular flexibility index (Phi) is 9.02. The molecule has 2 aromatic heterocycles. The maximum atomic E-state index is 14.7. The van der Waals surface area contributed by atoms with Crippen LogP contribution in [-0.2, 0) is 4.79 Å². The predicted molar refractivity (Wildman–Crippen MR) is 173 cm³/mol. The minimum atomic E-state index is -1.50. The molecule has 4 heterocycles. The fourth-order valence-corrected chi connectivity index (χ4v) is 6.52. The third kappa shape index (κ3) is 5.38. The molecule has 0 spiro atoms. The Morgan fingerprint density at radius 3 is 2.47 bits per heavy atom. The molecule has 13 heteroatoms. The number of aromatic nitrogens is 2. The van der Waals surface area contributed by atoms with Crippen molar-refractivity contribution in [1.82, 2.24) is 19.8 Å². The number of nitrogens with zero attached hydrogens (tertiary/aromatic N) is 6. The molecule has 9 nitrogen and oxygen atoms in total. The lowest BCUT2D eigenvalue weighted by Crippen LogP contribution is -2.49. The third-order valence-corrected chi connectivity index (χ3v) is 9.20. The Balaban J connectivity index is 1.82. The number of aromatic hydroxyl groups is 1.